The Morgan fingerprint density at radius 1 is 1.16 bits per heavy atom. The third kappa shape index (κ3) is 6.46. The first-order chi connectivity index (χ1) is 9.38. The van der Waals surface area contributed by atoms with Crippen molar-refractivity contribution in [2.45, 2.75) is 56.0 Å². The highest BCUT2D eigenvalue weighted by atomic mass is 32.2. The molecule has 1 aliphatic rings. The molecule has 0 atom stereocenters. The van der Waals surface area contributed by atoms with Gasteiger partial charge in [0.15, 0.2) is 0 Å². The van der Waals surface area contributed by atoms with Gasteiger partial charge in [-0.3, -0.25) is 0 Å². The molecule has 2 N–H and O–H groups in total. The molecule has 1 aromatic rings. The van der Waals surface area contributed by atoms with E-state index in [-0.39, 0.29) is 0 Å². The van der Waals surface area contributed by atoms with Crippen LogP contribution < -0.4 is 5.32 Å². The van der Waals surface area contributed by atoms with Crippen LogP contribution in [0.4, 0.5) is 0 Å². The van der Waals surface area contributed by atoms with Crippen LogP contribution in [-0.2, 0) is 6.54 Å². The zero-order valence-corrected chi connectivity index (χ0v) is 12.4. The van der Waals surface area contributed by atoms with Crippen LogP contribution in [0.25, 0.3) is 0 Å². The smallest absolute Gasteiger partial charge is 0.0431 e. The third-order valence-corrected chi connectivity index (χ3v) is 4.47. The highest BCUT2D eigenvalue weighted by molar-refractivity contribution is 7.99. The molecule has 0 aliphatic heterocycles. The summed E-state index contributed by atoms with van der Waals surface area (Å²) in [7, 11) is 0. The number of benzene rings is 1. The summed E-state index contributed by atoms with van der Waals surface area (Å²) in [5.74, 6) is 1.19. The van der Waals surface area contributed by atoms with E-state index in [9.17, 15) is 0 Å². The zero-order chi connectivity index (χ0) is 13.3. The molecule has 0 spiro atoms. The van der Waals surface area contributed by atoms with E-state index in [2.05, 4.69) is 29.6 Å². The lowest BCUT2D eigenvalue weighted by molar-refractivity contribution is 0.283. The van der Waals surface area contributed by atoms with Crippen molar-refractivity contribution in [2.75, 3.05) is 12.4 Å². The van der Waals surface area contributed by atoms with E-state index in [1.54, 1.807) is 0 Å². The first-order valence-electron chi connectivity index (χ1n) is 7.44. The molecule has 0 heterocycles. The average Bonchev–Trinajstić information content (AvgIpc) is 3.25. The Labute approximate surface area is 121 Å². The highest BCUT2D eigenvalue weighted by Gasteiger charge is 2.19. The van der Waals surface area contributed by atoms with Gasteiger partial charge in [0.2, 0.25) is 0 Å². The van der Waals surface area contributed by atoms with Crippen LogP contribution in [0.15, 0.2) is 29.2 Å². The van der Waals surface area contributed by atoms with Crippen LogP contribution in [0, 0.1) is 0 Å². The largest absolute Gasteiger partial charge is 0.396 e. The van der Waals surface area contributed by atoms with Gasteiger partial charge in [-0.25, -0.2) is 0 Å². The lowest BCUT2D eigenvalue weighted by Crippen LogP contribution is -2.15. The molecule has 1 saturated carbocycles. The Morgan fingerprint density at radius 3 is 2.79 bits per heavy atom. The van der Waals surface area contributed by atoms with Crippen LogP contribution >= 0.6 is 11.8 Å². The van der Waals surface area contributed by atoms with E-state index in [4.69, 9.17) is 5.11 Å². The molecule has 2 nitrogen and oxygen atoms in total. The first-order valence-corrected chi connectivity index (χ1v) is 8.43. The molecular formula is C16H25NOS. The van der Waals surface area contributed by atoms with Crippen molar-refractivity contribution >= 4 is 11.8 Å². The minimum Gasteiger partial charge on any atom is -0.396 e. The second-order valence-electron chi connectivity index (χ2n) is 5.29. The summed E-state index contributed by atoms with van der Waals surface area (Å²) < 4.78 is 0. The van der Waals surface area contributed by atoms with Gasteiger partial charge in [0.25, 0.3) is 0 Å². The number of aliphatic hydroxyl groups excluding tert-OH is 1. The minimum absolute atomic E-state index is 0.336. The molecule has 0 amide bonds. The summed E-state index contributed by atoms with van der Waals surface area (Å²) in [6, 6.07) is 9.67. The number of unbranched alkanes of at least 4 members (excludes halogenated alkanes) is 3. The van der Waals surface area contributed by atoms with Gasteiger partial charge < -0.3 is 10.4 Å². The quantitative estimate of drug-likeness (QED) is 0.507. The van der Waals surface area contributed by atoms with Gasteiger partial charge in [-0.15, -0.1) is 11.8 Å². The van der Waals surface area contributed by atoms with Crippen molar-refractivity contribution in [1.82, 2.24) is 5.32 Å². The summed E-state index contributed by atoms with van der Waals surface area (Å²) >= 11 is 1.95. The number of hydrogen-bond acceptors (Lipinski definition) is 3. The van der Waals surface area contributed by atoms with Gasteiger partial charge >= 0.3 is 0 Å². The van der Waals surface area contributed by atoms with Gasteiger partial charge in [0.05, 0.1) is 0 Å². The fourth-order valence-electron chi connectivity index (χ4n) is 2.05. The second kappa shape index (κ2) is 8.62. The van der Waals surface area contributed by atoms with Crippen LogP contribution in [-0.4, -0.2) is 23.5 Å². The van der Waals surface area contributed by atoms with Crippen LogP contribution in [0.1, 0.15) is 44.1 Å². The summed E-state index contributed by atoms with van der Waals surface area (Å²) in [5.41, 5.74) is 1.40. The molecule has 106 valence electrons. The fraction of sp³-hybridized carbons (Fsp3) is 0.625. The topological polar surface area (TPSA) is 32.3 Å². The SMILES string of the molecule is OCCCCCCSc1cccc(CNC2CC2)c1. The van der Waals surface area contributed by atoms with Crippen molar-refractivity contribution in [3.8, 4) is 0 Å². The number of thioether (sulfide) groups is 1. The standard InChI is InChI=1S/C16H25NOS/c18-10-3-1-2-4-11-19-16-7-5-6-14(12-16)13-17-15-8-9-15/h5-7,12,15,17-18H,1-4,8-11,13H2. The Balaban J connectivity index is 1.63. The summed E-state index contributed by atoms with van der Waals surface area (Å²) in [4.78, 5) is 1.39. The Hall–Kier alpha value is -0.510. The van der Waals surface area contributed by atoms with E-state index in [0.717, 1.165) is 25.4 Å². The van der Waals surface area contributed by atoms with Crippen molar-refractivity contribution in [2.24, 2.45) is 0 Å². The molecule has 1 fully saturated rings. The number of nitrogens with one attached hydrogen (secondary N) is 1. The maximum atomic E-state index is 8.71. The van der Waals surface area contributed by atoms with Gasteiger partial charge in [0.1, 0.15) is 0 Å². The fourth-order valence-corrected chi connectivity index (χ4v) is 3.05. The van der Waals surface area contributed by atoms with Gasteiger partial charge in [-0.05, 0) is 49.1 Å². The number of hydrogen-bond donors (Lipinski definition) is 2. The lowest BCUT2D eigenvalue weighted by atomic mass is 10.2. The van der Waals surface area contributed by atoms with Gasteiger partial charge in [-0.2, -0.15) is 0 Å². The molecule has 0 bridgehead atoms. The molecular weight excluding hydrogens is 254 g/mol. The first kappa shape index (κ1) is 14.9. The zero-order valence-electron chi connectivity index (χ0n) is 11.6. The van der Waals surface area contributed by atoms with Crippen LogP contribution in [0.5, 0.6) is 0 Å². The Kier molecular flexibility index (Phi) is 6.75. The summed E-state index contributed by atoms with van der Waals surface area (Å²) in [6.07, 6.45) is 7.28. The minimum atomic E-state index is 0.336. The molecule has 1 aliphatic carbocycles. The van der Waals surface area contributed by atoms with Crippen molar-refractivity contribution < 1.29 is 5.11 Å². The van der Waals surface area contributed by atoms with E-state index >= 15 is 0 Å². The van der Waals surface area contributed by atoms with Crippen LogP contribution in [0.2, 0.25) is 0 Å². The third-order valence-electron chi connectivity index (χ3n) is 3.39. The monoisotopic (exact) mass is 279 g/mol. The normalized spacial score (nSPS) is 14.8. The molecule has 2 rings (SSSR count). The van der Waals surface area contributed by atoms with Crippen molar-refractivity contribution in [3.63, 3.8) is 0 Å². The van der Waals surface area contributed by atoms with Crippen LogP contribution in [0.3, 0.4) is 0 Å². The molecule has 0 radical (unpaired) electrons. The summed E-state index contributed by atoms with van der Waals surface area (Å²) in [5, 5.41) is 12.3. The molecule has 0 aromatic heterocycles. The maximum Gasteiger partial charge on any atom is 0.0431 e. The highest BCUT2D eigenvalue weighted by Crippen LogP contribution is 2.22. The molecule has 3 heteroatoms. The predicted molar refractivity (Wildman–Crippen MR) is 82.6 cm³/mol. The van der Waals surface area contributed by atoms with E-state index in [1.807, 2.05) is 11.8 Å². The summed E-state index contributed by atoms with van der Waals surface area (Å²) in [6.45, 7) is 1.35. The number of rotatable bonds is 10. The molecule has 19 heavy (non-hydrogen) atoms. The van der Waals surface area contributed by atoms with E-state index < -0.39 is 0 Å². The second-order valence-corrected chi connectivity index (χ2v) is 6.46. The predicted octanol–water partition coefficient (Wildman–Crippen LogP) is 3.58. The molecule has 0 saturated heterocycles. The Bertz CT molecular complexity index is 366. The lowest BCUT2D eigenvalue weighted by Gasteiger charge is -2.06. The Morgan fingerprint density at radius 2 is 2.00 bits per heavy atom. The maximum absolute atomic E-state index is 8.71. The van der Waals surface area contributed by atoms with E-state index in [1.165, 1.54) is 41.9 Å². The molecule has 0 unspecified atom stereocenters. The van der Waals surface area contributed by atoms with Crippen molar-refractivity contribution in [1.29, 1.82) is 0 Å². The molecule has 1 aromatic carbocycles. The van der Waals surface area contributed by atoms with Crippen molar-refractivity contribution in [3.05, 3.63) is 29.8 Å². The van der Waals surface area contributed by atoms with Gasteiger partial charge in [-0.1, -0.05) is 25.0 Å². The number of aliphatic hydroxyl groups is 1. The average molecular weight is 279 g/mol. The van der Waals surface area contributed by atoms with E-state index in [0.29, 0.717) is 6.61 Å². The van der Waals surface area contributed by atoms with Gasteiger partial charge in [0, 0.05) is 24.1 Å².